The second-order valence-electron chi connectivity index (χ2n) is 4.53. The molecule has 0 aliphatic rings. The highest BCUT2D eigenvalue weighted by molar-refractivity contribution is 6.33. The summed E-state index contributed by atoms with van der Waals surface area (Å²) in [5.74, 6) is 0.759. The Morgan fingerprint density at radius 2 is 1.91 bits per heavy atom. The van der Waals surface area contributed by atoms with Crippen LogP contribution < -0.4 is 15.7 Å². The van der Waals surface area contributed by atoms with Gasteiger partial charge in [-0.2, -0.15) is 10.4 Å². The summed E-state index contributed by atoms with van der Waals surface area (Å²) >= 11 is 6.14. The Kier molecular flexibility index (Phi) is 3.64. The van der Waals surface area contributed by atoms with Crippen molar-refractivity contribution in [2.24, 2.45) is 0 Å². The Hall–Kier alpha value is -3.04. The Bertz CT molecular complexity index is 847. The van der Waals surface area contributed by atoms with Crippen molar-refractivity contribution in [2.75, 3.05) is 11.1 Å². The summed E-state index contributed by atoms with van der Waals surface area (Å²) in [5.41, 5.74) is 7.84. The number of halogens is 1. The fourth-order valence-electron chi connectivity index (χ4n) is 2.00. The second kappa shape index (κ2) is 5.76. The van der Waals surface area contributed by atoms with Crippen LogP contribution >= 0.6 is 11.6 Å². The lowest BCUT2D eigenvalue weighted by atomic mass is 10.2. The molecule has 22 heavy (non-hydrogen) atoms. The summed E-state index contributed by atoms with van der Waals surface area (Å²) < 4.78 is 1.68. The van der Waals surface area contributed by atoms with Crippen LogP contribution in [0, 0.1) is 11.3 Å². The Balaban J connectivity index is 1.99. The molecule has 3 rings (SSSR count). The van der Waals surface area contributed by atoms with Crippen LogP contribution in [0.4, 0.5) is 17.6 Å². The molecule has 0 saturated heterocycles. The number of nitrogen functional groups attached to an aromatic ring is 1. The van der Waals surface area contributed by atoms with Crippen LogP contribution in [0.1, 0.15) is 5.56 Å². The zero-order valence-electron chi connectivity index (χ0n) is 11.4. The van der Waals surface area contributed by atoms with Gasteiger partial charge in [0, 0.05) is 0 Å². The summed E-state index contributed by atoms with van der Waals surface area (Å²) in [6.07, 6.45) is 0. The number of nitrogens with one attached hydrogen (secondary N) is 2. The van der Waals surface area contributed by atoms with Crippen molar-refractivity contribution in [1.29, 1.82) is 5.26 Å². The van der Waals surface area contributed by atoms with Crippen LogP contribution in [-0.2, 0) is 0 Å². The molecule has 3 aromatic rings. The van der Waals surface area contributed by atoms with E-state index >= 15 is 0 Å². The second-order valence-corrected chi connectivity index (χ2v) is 4.94. The molecule has 2 aromatic carbocycles. The molecular weight excluding hydrogens is 300 g/mol. The smallest absolute Gasteiger partial charge is 0.353 e. The Morgan fingerprint density at radius 1 is 1.18 bits per heavy atom. The Morgan fingerprint density at radius 3 is 2.59 bits per heavy atom. The van der Waals surface area contributed by atoms with Gasteiger partial charge in [0.25, 0.3) is 0 Å². The van der Waals surface area contributed by atoms with Crippen molar-refractivity contribution in [2.45, 2.75) is 0 Å². The highest BCUT2D eigenvalue weighted by Crippen LogP contribution is 2.23. The monoisotopic (exact) mass is 311 g/mol. The van der Waals surface area contributed by atoms with Crippen molar-refractivity contribution < 1.29 is 4.68 Å². The van der Waals surface area contributed by atoms with E-state index in [0.29, 0.717) is 16.5 Å². The molecule has 0 spiro atoms. The molecule has 0 aliphatic carbocycles. The first-order chi connectivity index (χ1) is 10.7. The topological polar surface area (TPSA) is 94.4 Å². The third-order valence-electron chi connectivity index (χ3n) is 3.04. The van der Waals surface area contributed by atoms with Crippen LogP contribution in [0.15, 0.2) is 48.5 Å². The fourth-order valence-corrected chi connectivity index (χ4v) is 2.18. The predicted molar refractivity (Wildman–Crippen MR) is 84.0 cm³/mol. The predicted octanol–water partition coefficient (Wildman–Crippen LogP) is 2.54. The lowest BCUT2D eigenvalue weighted by molar-refractivity contribution is -0.641. The number of aromatic amines is 1. The van der Waals surface area contributed by atoms with Gasteiger partial charge in [-0.25, -0.2) is 5.32 Å². The van der Waals surface area contributed by atoms with Gasteiger partial charge in [0.1, 0.15) is 11.4 Å². The number of aromatic nitrogens is 3. The molecule has 0 bridgehead atoms. The average Bonchev–Trinajstić information content (AvgIpc) is 2.90. The number of H-pyrrole nitrogens is 1. The van der Waals surface area contributed by atoms with E-state index in [1.165, 1.54) is 0 Å². The number of para-hydroxylation sites is 1. The molecule has 0 fully saturated rings. The van der Waals surface area contributed by atoms with Crippen LogP contribution in [-0.4, -0.2) is 10.1 Å². The van der Waals surface area contributed by atoms with E-state index in [2.05, 4.69) is 21.5 Å². The first kappa shape index (κ1) is 13.9. The van der Waals surface area contributed by atoms with E-state index in [9.17, 15) is 0 Å². The van der Waals surface area contributed by atoms with Gasteiger partial charge in [0.15, 0.2) is 0 Å². The first-order valence-electron chi connectivity index (χ1n) is 6.47. The number of benzene rings is 2. The summed E-state index contributed by atoms with van der Waals surface area (Å²) in [6.45, 7) is 0. The number of hydrogen-bond acceptors (Lipinski definition) is 4. The lowest BCUT2D eigenvalue weighted by Crippen LogP contribution is -2.35. The maximum absolute atomic E-state index is 8.86. The minimum atomic E-state index is 0.263. The molecule has 0 saturated carbocycles. The maximum atomic E-state index is 8.86. The number of anilines is 3. The van der Waals surface area contributed by atoms with Gasteiger partial charge in [-0.1, -0.05) is 23.7 Å². The molecule has 0 aliphatic heterocycles. The zero-order valence-corrected chi connectivity index (χ0v) is 12.2. The van der Waals surface area contributed by atoms with E-state index in [0.717, 1.165) is 11.4 Å². The number of nitrogens with two attached hydrogens (primary N) is 1. The van der Waals surface area contributed by atoms with Crippen molar-refractivity contribution in [3.63, 3.8) is 0 Å². The standard InChI is InChI=1S/C15H11ClN6/c16-12-3-1-2-4-13(12)19-15-20-14(18)21-22(15)11-7-5-10(9-17)6-8-11/h1-8H,(H3,18,19,20,21)/p+1. The molecule has 1 aromatic heterocycles. The summed E-state index contributed by atoms with van der Waals surface area (Å²) in [7, 11) is 0. The molecule has 1 heterocycles. The molecule has 4 N–H and O–H groups in total. The number of nitriles is 1. The summed E-state index contributed by atoms with van der Waals surface area (Å²) in [4.78, 5) is 4.22. The van der Waals surface area contributed by atoms with Crippen molar-refractivity contribution >= 4 is 29.2 Å². The lowest BCUT2D eigenvalue weighted by Gasteiger charge is -2.02. The highest BCUT2D eigenvalue weighted by atomic mass is 35.5. The molecule has 0 atom stereocenters. The van der Waals surface area contributed by atoms with Gasteiger partial charge in [-0.15, -0.1) is 4.68 Å². The molecule has 6 nitrogen and oxygen atoms in total. The van der Waals surface area contributed by atoms with Gasteiger partial charge in [0.05, 0.1) is 16.7 Å². The normalized spacial score (nSPS) is 10.2. The van der Waals surface area contributed by atoms with Crippen LogP contribution in [0.5, 0.6) is 0 Å². The van der Waals surface area contributed by atoms with Crippen LogP contribution in [0.3, 0.4) is 0 Å². The third kappa shape index (κ3) is 2.71. The number of rotatable bonds is 3. The van der Waals surface area contributed by atoms with E-state index < -0.39 is 0 Å². The fraction of sp³-hybridized carbons (Fsp3) is 0. The Labute approximate surface area is 131 Å². The third-order valence-corrected chi connectivity index (χ3v) is 3.37. The largest absolute Gasteiger partial charge is 0.423 e. The summed E-state index contributed by atoms with van der Waals surface area (Å²) in [5, 5.41) is 15.5. The van der Waals surface area contributed by atoms with Gasteiger partial charge in [-0.05, 0) is 41.4 Å². The number of nitrogens with zero attached hydrogens (tertiary/aromatic N) is 3. The highest BCUT2D eigenvalue weighted by Gasteiger charge is 2.19. The van der Waals surface area contributed by atoms with E-state index in [4.69, 9.17) is 22.6 Å². The van der Waals surface area contributed by atoms with Gasteiger partial charge < -0.3 is 5.73 Å². The van der Waals surface area contributed by atoms with E-state index in [1.54, 1.807) is 35.0 Å². The molecule has 108 valence electrons. The van der Waals surface area contributed by atoms with E-state index in [1.807, 2.05) is 18.2 Å². The van der Waals surface area contributed by atoms with Crippen LogP contribution in [0.2, 0.25) is 5.02 Å². The van der Waals surface area contributed by atoms with Crippen LogP contribution in [0.25, 0.3) is 5.69 Å². The van der Waals surface area contributed by atoms with Gasteiger partial charge in [-0.3, -0.25) is 0 Å². The molecule has 7 heteroatoms. The summed E-state index contributed by atoms with van der Waals surface area (Å²) in [6, 6.07) is 16.5. The minimum Gasteiger partial charge on any atom is -0.353 e. The van der Waals surface area contributed by atoms with Crippen molar-refractivity contribution in [3.05, 3.63) is 59.1 Å². The number of hydrogen-bond donors (Lipinski definition) is 3. The first-order valence-corrected chi connectivity index (χ1v) is 6.85. The van der Waals surface area contributed by atoms with E-state index in [-0.39, 0.29) is 5.95 Å². The SMILES string of the molecule is N#Cc1ccc(-[n+]2[nH]c(N)nc2Nc2ccccc2Cl)cc1. The minimum absolute atomic E-state index is 0.263. The van der Waals surface area contributed by atoms with Gasteiger partial charge in [0.2, 0.25) is 0 Å². The van der Waals surface area contributed by atoms with Crippen molar-refractivity contribution in [3.8, 4) is 11.8 Å². The quantitative estimate of drug-likeness (QED) is 0.648. The molecule has 0 amide bonds. The average molecular weight is 312 g/mol. The zero-order chi connectivity index (χ0) is 15.5. The molecular formula is C15H12ClN6+. The molecule has 0 unspecified atom stereocenters. The van der Waals surface area contributed by atoms with Crippen molar-refractivity contribution in [1.82, 2.24) is 10.1 Å². The maximum Gasteiger partial charge on any atom is 0.423 e. The molecule has 0 radical (unpaired) electrons. The van der Waals surface area contributed by atoms with Gasteiger partial charge >= 0.3 is 11.9 Å².